The number of aryl methyl sites for hydroxylation is 1. The van der Waals surface area contributed by atoms with E-state index in [-0.39, 0.29) is 12.1 Å². The molecule has 0 radical (unpaired) electrons. The maximum absolute atomic E-state index is 13.1. The number of H-pyrrole nitrogens is 1. The number of nitrogens with zero attached hydrogens (tertiary/aromatic N) is 4. The number of aliphatic imine (C=N–C) groups is 1. The largest absolute Gasteiger partial charge is 0.340 e. The van der Waals surface area contributed by atoms with Crippen LogP contribution >= 0.6 is 0 Å². The average molecular weight is 395 g/mol. The number of rotatable bonds is 5. The Balaban J connectivity index is 1.50. The van der Waals surface area contributed by atoms with Crippen molar-refractivity contribution < 1.29 is 0 Å². The predicted octanol–water partition coefficient (Wildman–Crippen LogP) is 4.04. The van der Waals surface area contributed by atoms with Gasteiger partial charge in [-0.25, -0.2) is 9.67 Å². The lowest BCUT2D eigenvalue weighted by Gasteiger charge is -2.10. The van der Waals surface area contributed by atoms with Gasteiger partial charge in [-0.15, -0.1) is 0 Å². The third-order valence-electron chi connectivity index (χ3n) is 5.32. The molecule has 1 aliphatic heterocycles. The van der Waals surface area contributed by atoms with E-state index in [4.69, 9.17) is 0 Å². The fourth-order valence-electron chi connectivity index (χ4n) is 3.72. The van der Waals surface area contributed by atoms with Crippen LogP contribution in [0.4, 0.5) is 0 Å². The Kier molecular flexibility index (Phi) is 4.59. The molecule has 6 heteroatoms. The lowest BCUT2D eigenvalue weighted by atomic mass is 10.1. The molecule has 0 amide bonds. The van der Waals surface area contributed by atoms with Gasteiger partial charge in [0.15, 0.2) is 0 Å². The molecular formula is C24H21N5O. The summed E-state index contributed by atoms with van der Waals surface area (Å²) < 4.78 is 1.50. The highest BCUT2D eigenvalue weighted by molar-refractivity contribution is 5.93. The maximum atomic E-state index is 13.1. The third kappa shape index (κ3) is 3.48. The van der Waals surface area contributed by atoms with Crippen molar-refractivity contribution in [2.45, 2.75) is 26.3 Å². The Morgan fingerprint density at radius 2 is 1.87 bits per heavy atom. The molecule has 0 bridgehead atoms. The number of nitrogens with one attached hydrogen (secondary N) is 1. The summed E-state index contributed by atoms with van der Waals surface area (Å²) in [7, 11) is 0. The molecule has 0 atom stereocenters. The molecule has 5 rings (SSSR count). The Morgan fingerprint density at radius 1 is 1.07 bits per heavy atom. The van der Waals surface area contributed by atoms with Crippen molar-refractivity contribution in [1.29, 1.82) is 0 Å². The van der Waals surface area contributed by atoms with Crippen LogP contribution in [0.3, 0.4) is 0 Å². The van der Waals surface area contributed by atoms with E-state index >= 15 is 0 Å². The standard InChI is InChI=1S/C24H21N5O/c1-16-8-10-17(11-9-16)22-14-26-23(27-22)15-29-24(30)20-7-3-2-6-19(20)21(28-29)13-18-5-4-12-25-18/h2-4,6-12,14H,5,13,15H2,1H3,(H,26,27). The van der Waals surface area contributed by atoms with Gasteiger partial charge in [0.05, 0.1) is 23.0 Å². The zero-order valence-electron chi connectivity index (χ0n) is 16.7. The monoisotopic (exact) mass is 395 g/mol. The fourth-order valence-corrected chi connectivity index (χ4v) is 3.72. The van der Waals surface area contributed by atoms with Gasteiger partial charge in [0.2, 0.25) is 0 Å². The summed E-state index contributed by atoms with van der Waals surface area (Å²) in [4.78, 5) is 25.3. The second kappa shape index (κ2) is 7.55. The van der Waals surface area contributed by atoms with Crippen molar-refractivity contribution in [2.24, 2.45) is 4.99 Å². The summed E-state index contributed by atoms with van der Waals surface area (Å²) in [6, 6.07) is 15.9. The molecular weight excluding hydrogens is 374 g/mol. The Labute approximate surface area is 173 Å². The molecule has 0 saturated heterocycles. The van der Waals surface area contributed by atoms with Gasteiger partial charge in [-0.05, 0) is 18.6 Å². The first-order chi connectivity index (χ1) is 14.7. The molecule has 0 fully saturated rings. The van der Waals surface area contributed by atoms with Crippen LogP contribution in [-0.4, -0.2) is 25.5 Å². The van der Waals surface area contributed by atoms with E-state index < -0.39 is 0 Å². The number of allylic oxidation sites excluding steroid dienone is 1. The highest BCUT2D eigenvalue weighted by atomic mass is 16.1. The molecule has 0 spiro atoms. The minimum atomic E-state index is -0.117. The van der Waals surface area contributed by atoms with Gasteiger partial charge in [0.25, 0.3) is 5.56 Å². The number of aromatic amines is 1. The molecule has 1 aliphatic rings. The Hall–Kier alpha value is -3.80. The molecule has 4 aromatic rings. The highest BCUT2D eigenvalue weighted by Gasteiger charge is 2.14. The van der Waals surface area contributed by atoms with E-state index in [1.54, 1.807) is 6.20 Å². The van der Waals surface area contributed by atoms with Gasteiger partial charge in [-0.2, -0.15) is 5.10 Å². The fraction of sp³-hybridized carbons (Fsp3) is 0.167. The van der Waals surface area contributed by atoms with E-state index in [1.807, 2.05) is 36.5 Å². The molecule has 30 heavy (non-hydrogen) atoms. The molecule has 0 unspecified atom stereocenters. The summed E-state index contributed by atoms with van der Waals surface area (Å²) >= 11 is 0. The maximum Gasteiger partial charge on any atom is 0.275 e. The van der Waals surface area contributed by atoms with Crippen LogP contribution in [0.5, 0.6) is 0 Å². The Bertz CT molecular complexity index is 1340. The van der Waals surface area contributed by atoms with Crippen LogP contribution in [0.15, 0.2) is 76.8 Å². The molecule has 0 aliphatic carbocycles. The lowest BCUT2D eigenvalue weighted by molar-refractivity contribution is 0.616. The molecule has 0 saturated carbocycles. The van der Waals surface area contributed by atoms with Crippen molar-refractivity contribution in [3.63, 3.8) is 0 Å². The zero-order chi connectivity index (χ0) is 20.5. The summed E-state index contributed by atoms with van der Waals surface area (Å²) in [5, 5.41) is 6.24. The van der Waals surface area contributed by atoms with Crippen molar-refractivity contribution >= 4 is 16.5 Å². The first kappa shape index (κ1) is 18.2. The molecule has 148 valence electrons. The number of benzene rings is 2. The smallest absolute Gasteiger partial charge is 0.275 e. The second-order valence-electron chi connectivity index (χ2n) is 7.53. The van der Waals surface area contributed by atoms with Crippen LogP contribution in [-0.2, 0) is 13.0 Å². The number of aromatic nitrogens is 4. The predicted molar refractivity (Wildman–Crippen MR) is 119 cm³/mol. The molecule has 3 heterocycles. The van der Waals surface area contributed by atoms with E-state index in [0.717, 1.165) is 34.5 Å². The van der Waals surface area contributed by atoms with E-state index in [1.165, 1.54) is 10.2 Å². The van der Waals surface area contributed by atoms with Crippen LogP contribution in [0, 0.1) is 6.92 Å². The number of hydrogen-bond donors (Lipinski definition) is 1. The highest BCUT2D eigenvalue weighted by Crippen LogP contribution is 2.19. The quantitative estimate of drug-likeness (QED) is 0.554. The Morgan fingerprint density at radius 3 is 2.63 bits per heavy atom. The van der Waals surface area contributed by atoms with Gasteiger partial charge < -0.3 is 4.98 Å². The van der Waals surface area contributed by atoms with Gasteiger partial charge in [0.1, 0.15) is 12.4 Å². The van der Waals surface area contributed by atoms with Crippen molar-refractivity contribution in [3.05, 3.63) is 94.4 Å². The van der Waals surface area contributed by atoms with Crippen LogP contribution in [0.2, 0.25) is 0 Å². The van der Waals surface area contributed by atoms with Gasteiger partial charge >= 0.3 is 0 Å². The molecule has 6 nitrogen and oxygen atoms in total. The minimum Gasteiger partial charge on any atom is -0.340 e. The second-order valence-corrected chi connectivity index (χ2v) is 7.53. The average Bonchev–Trinajstić information content (AvgIpc) is 3.44. The van der Waals surface area contributed by atoms with Gasteiger partial charge in [-0.1, -0.05) is 54.1 Å². The molecule has 1 N–H and O–H groups in total. The van der Waals surface area contributed by atoms with Crippen molar-refractivity contribution in [2.75, 3.05) is 0 Å². The van der Waals surface area contributed by atoms with E-state index in [0.29, 0.717) is 17.6 Å². The topological polar surface area (TPSA) is 75.9 Å². The summed E-state index contributed by atoms with van der Waals surface area (Å²) in [6.07, 6.45) is 7.10. The van der Waals surface area contributed by atoms with Crippen molar-refractivity contribution in [1.82, 2.24) is 19.7 Å². The van der Waals surface area contributed by atoms with E-state index in [2.05, 4.69) is 51.2 Å². The van der Waals surface area contributed by atoms with Crippen LogP contribution in [0.1, 0.15) is 23.5 Å². The molecule has 2 aromatic heterocycles. The minimum absolute atomic E-state index is 0.117. The summed E-state index contributed by atoms with van der Waals surface area (Å²) in [5.74, 6) is 0.696. The van der Waals surface area contributed by atoms with E-state index in [9.17, 15) is 4.79 Å². The summed E-state index contributed by atoms with van der Waals surface area (Å²) in [6.45, 7) is 2.35. The van der Waals surface area contributed by atoms with Gasteiger partial charge in [-0.3, -0.25) is 9.79 Å². The third-order valence-corrected chi connectivity index (χ3v) is 5.32. The SMILES string of the molecule is Cc1ccc(-c2cnc(Cn3nc(CC4=NC=CC4)c4ccccc4c3=O)[nH]2)cc1. The van der Waals surface area contributed by atoms with Crippen LogP contribution < -0.4 is 5.56 Å². The zero-order valence-corrected chi connectivity index (χ0v) is 16.7. The number of hydrogen-bond acceptors (Lipinski definition) is 4. The van der Waals surface area contributed by atoms with Crippen LogP contribution in [0.25, 0.3) is 22.0 Å². The number of imidazole rings is 1. The normalized spacial score (nSPS) is 13.2. The lowest BCUT2D eigenvalue weighted by Crippen LogP contribution is -2.26. The first-order valence-corrected chi connectivity index (χ1v) is 9.97. The summed E-state index contributed by atoms with van der Waals surface area (Å²) in [5.41, 5.74) is 4.99. The first-order valence-electron chi connectivity index (χ1n) is 9.97. The number of fused-ring (bicyclic) bond motifs is 1. The molecule has 2 aromatic carbocycles. The van der Waals surface area contributed by atoms with Crippen molar-refractivity contribution in [3.8, 4) is 11.3 Å². The van der Waals surface area contributed by atoms with Gasteiger partial charge in [0, 0.05) is 30.1 Å².